The molecular formula is C12H17BrN6O. The number of nitrogens with two attached hydrogens (primary N) is 1. The molecule has 1 atom stereocenters. The van der Waals surface area contributed by atoms with Gasteiger partial charge in [-0.2, -0.15) is 5.10 Å². The van der Waals surface area contributed by atoms with E-state index in [1.54, 1.807) is 19.4 Å². The minimum Gasteiger partial charge on any atom is -0.481 e. The van der Waals surface area contributed by atoms with E-state index in [9.17, 15) is 0 Å². The fraction of sp³-hybridized carbons (Fsp3) is 0.417. The van der Waals surface area contributed by atoms with Crippen LogP contribution in [0.25, 0.3) is 0 Å². The third kappa shape index (κ3) is 2.82. The normalized spacial score (nSPS) is 12.7. The Kier molecular flexibility index (Phi) is 4.69. The van der Waals surface area contributed by atoms with Gasteiger partial charge < -0.3 is 4.74 Å². The van der Waals surface area contributed by atoms with Gasteiger partial charge in [-0.1, -0.05) is 0 Å². The molecule has 0 aromatic carbocycles. The van der Waals surface area contributed by atoms with Gasteiger partial charge >= 0.3 is 0 Å². The van der Waals surface area contributed by atoms with Crippen molar-refractivity contribution in [3.05, 3.63) is 34.5 Å². The highest BCUT2D eigenvalue weighted by molar-refractivity contribution is 9.10. The molecule has 108 valence electrons. The van der Waals surface area contributed by atoms with Gasteiger partial charge in [0.1, 0.15) is 12.4 Å². The lowest BCUT2D eigenvalue weighted by molar-refractivity contribution is 0.394. The summed E-state index contributed by atoms with van der Waals surface area (Å²) < 4.78 is 7.88. The molecule has 0 saturated heterocycles. The Labute approximate surface area is 125 Å². The highest BCUT2D eigenvalue weighted by Gasteiger charge is 2.23. The van der Waals surface area contributed by atoms with Crippen LogP contribution < -0.4 is 16.0 Å². The molecule has 0 spiro atoms. The van der Waals surface area contributed by atoms with Crippen molar-refractivity contribution in [3.8, 4) is 5.88 Å². The lowest BCUT2D eigenvalue weighted by Gasteiger charge is -2.20. The zero-order valence-electron chi connectivity index (χ0n) is 11.5. The second-order valence-electron chi connectivity index (χ2n) is 4.50. The Bertz CT molecular complexity index is 585. The smallest absolute Gasteiger partial charge is 0.216 e. The summed E-state index contributed by atoms with van der Waals surface area (Å²) in [5.41, 5.74) is 4.39. The number of ether oxygens (including phenoxy) is 1. The second-order valence-corrected chi connectivity index (χ2v) is 5.36. The van der Waals surface area contributed by atoms with Gasteiger partial charge in [0.25, 0.3) is 0 Å². The van der Waals surface area contributed by atoms with Crippen LogP contribution >= 0.6 is 15.9 Å². The molecule has 0 amide bonds. The number of aromatic nitrogens is 4. The number of rotatable bonds is 5. The molecule has 0 aliphatic heterocycles. The van der Waals surface area contributed by atoms with Crippen LogP contribution in [-0.4, -0.2) is 26.9 Å². The third-order valence-electron chi connectivity index (χ3n) is 2.88. The first kappa shape index (κ1) is 14.9. The van der Waals surface area contributed by atoms with Gasteiger partial charge in [-0.3, -0.25) is 10.5 Å². The molecule has 1 unspecified atom stereocenters. The first-order valence-corrected chi connectivity index (χ1v) is 6.92. The van der Waals surface area contributed by atoms with E-state index in [1.807, 2.05) is 4.68 Å². The third-order valence-corrected chi connectivity index (χ3v) is 3.50. The zero-order chi connectivity index (χ0) is 14.7. The van der Waals surface area contributed by atoms with Crippen LogP contribution in [0.4, 0.5) is 0 Å². The molecule has 2 heterocycles. The fourth-order valence-corrected chi connectivity index (χ4v) is 2.46. The van der Waals surface area contributed by atoms with Crippen LogP contribution in [0.3, 0.4) is 0 Å². The minimum atomic E-state index is -0.314. The maximum Gasteiger partial charge on any atom is 0.216 e. The van der Waals surface area contributed by atoms with Crippen LogP contribution in [0.15, 0.2) is 23.1 Å². The van der Waals surface area contributed by atoms with Crippen molar-refractivity contribution in [3.63, 3.8) is 0 Å². The van der Waals surface area contributed by atoms with Crippen molar-refractivity contribution in [1.82, 2.24) is 25.2 Å². The SMILES string of the molecule is COc1cc(C(NN)c2c(Br)cnn2C(C)C)ncn1. The van der Waals surface area contributed by atoms with Crippen molar-refractivity contribution in [2.45, 2.75) is 25.9 Å². The monoisotopic (exact) mass is 340 g/mol. The molecule has 0 fully saturated rings. The van der Waals surface area contributed by atoms with Gasteiger partial charge in [0, 0.05) is 12.1 Å². The quantitative estimate of drug-likeness (QED) is 0.634. The summed E-state index contributed by atoms with van der Waals surface area (Å²) in [6, 6.07) is 1.64. The summed E-state index contributed by atoms with van der Waals surface area (Å²) in [4.78, 5) is 8.26. The van der Waals surface area contributed by atoms with Crippen molar-refractivity contribution >= 4 is 15.9 Å². The van der Waals surface area contributed by atoms with Crippen molar-refractivity contribution in [2.75, 3.05) is 7.11 Å². The lowest BCUT2D eigenvalue weighted by atomic mass is 10.1. The average Bonchev–Trinajstić information content (AvgIpc) is 2.82. The van der Waals surface area contributed by atoms with Crippen LogP contribution in [0.2, 0.25) is 0 Å². The van der Waals surface area contributed by atoms with Gasteiger partial charge in [0.05, 0.1) is 29.2 Å². The van der Waals surface area contributed by atoms with E-state index >= 15 is 0 Å². The highest BCUT2D eigenvalue weighted by Crippen LogP contribution is 2.29. The predicted octanol–water partition coefficient (Wildman–Crippen LogP) is 1.58. The van der Waals surface area contributed by atoms with Crippen molar-refractivity contribution in [2.24, 2.45) is 5.84 Å². The van der Waals surface area contributed by atoms with Crippen LogP contribution in [0.5, 0.6) is 5.88 Å². The Morgan fingerprint density at radius 2 is 2.15 bits per heavy atom. The number of hydrogen-bond donors (Lipinski definition) is 2. The molecule has 0 radical (unpaired) electrons. The standard InChI is InChI=1S/C12H17BrN6O/c1-7(2)19-12(8(13)5-17-19)11(18-14)9-4-10(20-3)16-6-15-9/h4-7,11,18H,14H2,1-3H3. The maximum atomic E-state index is 5.71. The predicted molar refractivity (Wildman–Crippen MR) is 78.1 cm³/mol. The number of nitrogens with zero attached hydrogens (tertiary/aromatic N) is 4. The number of hydrazine groups is 1. The summed E-state index contributed by atoms with van der Waals surface area (Å²) >= 11 is 3.51. The Hall–Kier alpha value is -1.51. The van der Waals surface area contributed by atoms with Crippen LogP contribution in [0, 0.1) is 0 Å². The van der Waals surface area contributed by atoms with E-state index in [0.717, 1.165) is 10.2 Å². The van der Waals surface area contributed by atoms with E-state index in [4.69, 9.17) is 10.6 Å². The summed E-state index contributed by atoms with van der Waals surface area (Å²) in [5.74, 6) is 6.20. The van der Waals surface area contributed by atoms with Crippen LogP contribution in [0.1, 0.15) is 37.3 Å². The molecule has 0 aliphatic rings. The van der Waals surface area contributed by atoms with Crippen molar-refractivity contribution in [1.29, 1.82) is 0 Å². The van der Waals surface area contributed by atoms with Gasteiger partial charge in [-0.25, -0.2) is 15.4 Å². The van der Waals surface area contributed by atoms with Crippen LogP contribution in [-0.2, 0) is 0 Å². The molecule has 0 saturated carbocycles. The number of methoxy groups -OCH3 is 1. The summed E-state index contributed by atoms with van der Waals surface area (Å²) in [5, 5.41) is 4.35. The lowest BCUT2D eigenvalue weighted by Crippen LogP contribution is -2.32. The Balaban J connectivity index is 2.49. The first-order chi connectivity index (χ1) is 9.58. The molecule has 0 bridgehead atoms. The number of halogens is 1. The highest BCUT2D eigenvalue weighted by atomic mass is 79.9. The minimum absolute atomic E-state index is 0.205. The number of nitrogens with one attached hydrogen (secondary N) is 1. The van der Waals surface area contributed by atoms with Gasteiger partial charge in [-0.15, -0.1) is 0 Å². The van der Waals surface area contributed by atoms with E-state index in [1.165, 1.54) is 6.33 Å². The van der Waals surface area contributed by atoms with E-state index < -0.39 is 0 Å². The maximum absolute atomic E-state index is 5.71. The zero-order valence-corrected chi connectivity index (χ0v) is 13.1. The molecule has 2 aromatic heterocycles. The summed E-state index contributed by atoms with van der Waals surface area (Å²) in [6.07, 6.45) is 3.20. The average molecular weight is 341 g/mol. The van der Waals surface area contributed by atoms with E-state index in [2.05, 4.69) is 50.3 Å². The second kappa shape index (κ2) is 6.29. The number of hydrogen-bond acceptors (Lipinski definition) is 6. The van der Waals surface area contributed by atoms with Gasteiger partial charge in [0.2, 0.25) is 5.88 Å². The van der Waals surface area contributed by atoms with E-state index in [-0.39, 0.29) is 12.1 Å². The topological polar surface area (TPSA) is 90.9 Å². The molecule has 3 N–H and O–H groups in total. The van der Waals surface area contributed by atoms with Crippen molar-refractivity contribution < 1.29 is 4.74 Å². The van der Waals surface area contributed by atoms with E-state index in [0.29, 0.717) is 11.6 Å². The molecule has 0 aliphatic carbocycles. The Morgan fingerprint density at radius 1 is 1.40 bits per heavy atom. The molecule has 20 heavy (non-hydrogen) atoms. The fourth-order valence-electron chi connectivity index (χ4n) is 1.96. The largest absolute Gasteiger partial charge is 0.481 e. The molecule has 8 heteroatoms. The molecule has 7 nitrogen and oxygen atoms in total. The summed E-state index contributed by atoms with van der Waals surface area (Å²) in [6.45, 7) is 4.11. The molecular weight excluding hydrogens is 324 g/mol. The Morgan fingerprint density at radius 3 is 2.75 bits per heavy atom. The van der Waals surface area contributed by atoms with Gasteiger partial charge in [0.15, 0.2) is 0 Å². The first-order valence-electron chi connectivity index (χ1n) is 6.13. The molecule has 2 aromatic rings. The summed E-state index contributed by atoms with van der Waals surface area (Å²) in [7, 11) is 1.56. The van der Waals surface area contributed by atoms with Gasteiger partial charge in [-0.05, 0) is 29.8 Å². The molecule has 2 rings (SSSR count).